The van der Waals surface area contributed by atoms with E-state index in [1.54, 1.807) is 27.0 Å². The third-order valence-electron chi connectivity index (χ3n) is 3.13. The highest BCUT2D eigenvalue weighted by atomic mass is 16.6. The first kappa shape index (κ1) is 19.0. The van der Waals surface area contributed by atoms with Crippen molar-refractivity contribution in [3.8, 4) is 0 Å². The van der Waals surface area contributed by atoms with Crippen LogP contribution in [0.15, 0.2) is 23.3 Å². The van der Waals surface area contributed by atoms with Gasteiger partial charge in [0.05, 0.1) is 12.8 Å². The zero-order valence-electron chi connectivity index (χ0n) is 14.6. The molecular formula is C17H27N3O3. The summed E-state index contributed by atoms with van der Waals surface area (Å²) in [5.74, 6) is 0. The van der Waals surface area contributed by atoms with Crippen molar-refractivity contribution in [2.24, 2.45) is 5.10 Å². The summed E-state index contributed by atoms with van der Waals surface area (Å²) in [7, 11) is 0. The Kier molecular flexibility index (Phi) is 7.03. The lowest BCUT2D eigenvalue weighted by atomic mass is 10.1. The van der Waals surface area contributed by atoms with Gasteiger partial charge in [0.25, 0.3) is 0 Å². The number of carbonyl (C=O) groups is 1. The fourth-order valence-electron chi connectivity index (χ4n) is 2.05. The first-order chi connectivity index (χ1) is 10.8. The standard InChI is InChI=1S/C17H27N3O3/c1-6-20(9-10-21)15-8-7-14(13(2)11-15)12-18-19-16(22)23-17(3,4)5/h7-8,11-12,21H,6,9-10H2,1-5H3,(H,19,22)/b18-12-. The van der Waals surface area contributed by atoms with E-state index < -0.39 is 11.7 Å². The molecule has 0 aromatic heterocycles. The van der Waals surface area contributed by atoms with Gasteiger partial charge >= 0.3 is 6.09 Å². The lowest BCUT2D eigenvalue weighted by Crippen LogP contribution is -2.29. The first-order valence-corrected chi connectivity index (χ1v) is 7.75. The van der Waals surface area contributed by atoms with Gasteiger partial charge in [0, 0.05) is 18.8 Å². The molecule has 0 aliphatic carbocycles. The number of aliphatic hydroxyl groups is 1. The number of aryl methyl sites for hydroxylation is 1. The Bertz CT molecular complexity index is 551. The monoisotopic (exact) mass is 321 g/mol. The van der Waals surface area contributed by atoms with E-state index in [0.29, 0.717) is 6.54 Å². The molecule has 0 fully saturated rings. The molecule has 0 heterocycles. The van der Waals surface area contributed by atoms with Gasteiger partial charge in [-0.15, -0.1) is 0 Å². The molecule has 0 aliphatic heterocycles. The van der Waals surface area contributed by atoms with Crippen LogP contribution in [0.4, 0.5) is 10.5 Å². The summed E-state index contributed by atoms with van der Waals surface area (Å²) in [5.41, 5.74) is 4.80. The number of hydrazone groups is 1. The fourth-order valence-corrected chi connectivity index (χ4v) is 2.05. The van der Waals surface area contributed by atoms with Gasteiger partial charge in [-0.3, -0.25) is 0 Å². The van der Waals surface area contributed by atoms with Crippen LogP contribution in [0.3, 0.4) is 0 Å². The summed E-state index contributed by atoms with van der Waals surface area (Å²) in [6.07, 6.45) is 1.01. The predicted molar refractivity (Wildman–Crippen MR) is 93.1 cm³/mol. The number of carbonyl (C=O) groups excluding carboxylic acids is 1. The number of benzene rings is 1. The molecule has 1 aromatic rings. The Labute approximate surface area is 138 Å². The average molecular weight is 321 g/mol. The molecule has 0 unspecified atom stereocenters. The zero-order valence-corrected chi connectivity index (χ0v) is 14.6. The summed E-state index contributed by atoms with van der Waals surface area (Å²) in [6, 6.07) is 5.94. The number of nitrogens with zero attached hydrogens (tertiary/aromatic N) is 2. The van der Waals surface area contributed by atoms with Crippen molar-refractivity contribution in [3.63, 3.8) is 0 Å². The first-order valence-electron chi connectivity index (χ1n) is 7.75. The van der Waals surface area contributed by atoms with Crippen molar-refractivity contribution in [1.29, 1.82) is 0 Å². The van der Waals surface area contributed by atoms with Crippen LogP contribution in [0.1, 0.15) is 38.8 Å². The molecule has 1 aromatic carbocycles. The van der Waals surface area contributed by atoms with E-state index >= 15 is 0 Å². The summed E-state index contributed by atoms with van der Waals surface area (Å²) in [5, 5.41) is 13.0. The predicted octanol–water partition coefficient (Wildman–Crippen LogP) is 2.67. The average Bonchev–Trinajstić information content (AvgIpc) is 2.44. The number of ether oxygens (including phenoxy) is 1. The molecule has 0 bridgehead atoms. The SMILES string of the molecule is CCN(CCO)c1ccc(/C=N\NC(=O)OC(C)(C)C)c(C)c1. The van der Waals surface area contributed by atoms with Gasteiger partial charge in [-0.1, -0.05) is 6.07 Å². The summed E-state index contributed by atoms with van der Waals surface area (Å²) in [6.45, 7) is 11.0. The van der Waals surface area contributed by atoms with Gasteiger partial charge in [-0.25, -0.2) is 10.2 Å². The maximum absolute atomic E-state index is 11.5. The Morgan fingerprint density at radius 3 is 2.65 bits per heavy atom. The van der Waals surface area contributed by atoms with Gasteiger partial charge in [0.15, 0.2) is 0 Å². The highest BCUT2D eigenvalue weighted by Crippen LogP contribution is 2.18. The van der Waals surface area contributed by atoms with Gasteiger partial charge in [-0.2, -0.15) is 5.10 Å². The van der Waals surface area contributed by atoms with Crippen LogP contribution in [0.2, 0.25) is 0 Å². The van der Waals surface area contributed by atoms with Crippen molar-refractivity contribution in [1.82, 2.24) is 5.43 Å². The molecule has 1 amide bonds. The number of likely N-dealkylation sites (N-methyl/N-ethyl adjacent to an activating group) is 1. The summed E-state index contributed by atoms with van der Waals surface area (Å²) >= 11 is 0. The fraction of sp³-hybridized carbons (Fsp3) is 0.529. The molecule has 6 nitrogen and oxygen atoms in total. The second kappa shape index (κ2) is 8.53. The molecular weight excluding hydrogens is 294 g/mol. The number of amides is 1. The minimum Gasteiger partial charge on any atom is -0.443 e. The third-order valence-corrected chi connectivity index (χ3v) is 3.13. The van der Waals surface area contributed by atoms with Crippen LogP contribution in [-0.2, 0) is 4.74 Å². The molecule has 0 saturated heterocycles. The number of rotatable bonds is 6. The highest BCUT2D eigenvalue weighted by Gasteiger charge is 2.15. The molecule has 128 valence electrons. The topological polar surface area (TPSA) is 74.2 Å². The Morgan fingerprint density at radius 2 is 2.13 bits per heavy atom. The van der Waals surface area contributed by atoms with Crippen LogP contribution in [0.5, 0.6) is 0 Å². The van der Waals surface area contributed by atoms with Crippen LogP contribution in [0.25, 0.3) is 0 Å². The van der Waals surface area contributed by atoms with E-state index in [1.807, 2.05) is 32.0 Å². The molecule has 0 aliphatic rings. The molecule has 2 N–H and O–H groups in total. The van der Waals surface area contributed by atoms with E-state index in [2.05, 4.69) is 15.4 Å². The van der Waals surface area contributed by atoms with Crippen molar-refractivity contribution in [2.75, 3.05) is 24.6 Å². The molecule has 1 rings (SSSR count). The Morgan fingerprint density at radius 1 is 1.43 bits per heavy atom. The largest absolute Gasteiger partial charge is 0.443 e. The normalized spacial score (nSPS) is 11.6. The molecule has 0 atom stereocenters. The van der Waals surface area contributed by atoms with Crippen molar-refractivity contribution in [2.45, 2.75) is 40.2 Å². The van der Waals surface area contributed by atoms with Gasteiger partial charge in [0.2, 0.25) is 0 Å². The minimum atomic E-state index is -0.580. The lowest BCUT2D eigenvalue weighted by molar-refractivity contribution is 0.0529. The maximum Gasteiger partial charge on any atom is 0.428 e. The number of hydrogen-bond donors (Lipinski definition) is 2. The molecule has 0 radical (unpaired) electrons. The zero-order chi connectivity index (χ0) is 17.5. The minimum absolute atomic E-state index is 0.121. The Hall–Kier alpha value is -2.08. The third kappa shape index (κ3) is 6.69. The molecule has 0 saturated carbocycles. The van der Waals surface area contributed by atoms with Crippen LogP contribution in [0, 0.1) is 6.92 Å². The molecule has 23 heavy (non-hydrogen) atoms. The number of nitrogens with one attached hydrogen (secondary N) is 1. The Balaban J connectivity index is 2.71. The quantitative estimate of drug-likeness (QED) is 0.624. The van der Waals surface area contributed by atoms with E-state index in [4.69, 9.17) is 9.84 Å². The maximum atomic E-state index is 11.5. The summed E-state index contributed by atoms with van der Waals surface area (Å²) in [4.78, 5) is 13.6. The van der Waals surface area contributed by atoms with Crippen molar-refractivity contribution in [3.05, 3.63) is 29.3 Å². The van der Waals surface area contributed by atoms with Crippen molar-refractivity contribution >= 4 is 18.0 Å². The number of aliphatic hydroxyl groups excluding tert-OH is 1. The van der Waals surface area contributed by atoms with Gasteiger partial charge in [-0.05, 0) is 57.9 Å². The summed E-state index contributed by atoms with van der Waals surface area (Å²) < 4.78 is 5.10. The smallest absolute Gasteiger partial charge is 0.428 e. The van der Waals surface area contributed by atoms with Crippen molar-refractivity contribution < 1.29 is 14.6 Å². The van der Waals surface area contributed by atoms with E-state index in [1.165, 1.54) is 0 Å². The number of anilines is 1. The van der Waals surface area contributed by atoms with Crippen LogP contribution >= 0.6 is 0 Å². The van der Waals surface area contributed by atoms with E-state index in [0.717, 1.165) is 23.4 Å². The molecule has 6 heteroatoms. The van der Waals surface area contributed by atoms with Crippen LogP contribution in [-0.4, -0.2) is 42.7 Å². The van der Waals surface area contributed by atoms with E-state index in [9.17, 15) is 4.79 Å². The second-order valence-electron chi connectivity index (χ2n) is 6.22. The molecule has 0 spiro atoms. The van der Waals surface area contributed by atoms with Gasteiger partial charge < -0.3 is 14.7 Å². The number of hydrogen-bond acceptors (Lipinski definition) is 5. The second-order valence-corrected chi connectivity index (χ2v) is 6.22. The van der Waals surface area contributed by atoms with E-state index in [-0.39, 0.29) is 6.61 Å². The lowest BCUT2D eigenvalue weighted by Gasteiger charge is -2.22. The van der Waals surface area contributed by atoms with Crippen LogP contribution < -0.4 is 10.3 Å². The highest BCUT2D eigenvalue weighted by molar-refractivity contribution is 5.83. The van der Waals surface area contributed by atoms with Gasteiger partial charge in [0.1, 0.15) is 5.60 Å².